The Morgan fingerprint density at radius 3 is 2.24 bits per heavy atom. The van der Waals surface area contributed by atoms with Crippen LogP contribution in [0.4, 0.5) is 0 Å². The molecule has 1 unspecified atom stereocenters. The van der Waals surface area contributed by atoms with Gasteiger partial charge in [-0.15, -0.1) is 0 Å². The van der Waals surface area contributed by atoms with Crippen molar-refractivity contribution in [2.45, 2.75) is 49.9 Å². The molecule has 2 aliphatic heterocycles. The van der Waals surface area contributed by atoms with E-state index in [4.69, 9.17) is 4.74 Å². The molecule has 5 atom stereocenters. The fraction of sp³-hybridized carbons (Fsp3) is 1.00. The van der Waals surface area contributed by atoms with Crippen molar-refractivity contribution in [1.29, 1.82) is 0 Å². The molecule has 0 aromatic rings. The van der Waals surface area contributed by atoms with Gasteiger partial charge in [0, 0.05) is 13.1 Å². The van der Waals surface area contributed by atoms with Crippen LogP contribution in [-0.2, 0) is 4.74 Å². The van der Waals surface area contributed by atoms with Crippen LogP contribution in [0.5, 0.6) is 0 Å². The summed E-state index contributed by atoms with van der Waals surface area (Å²) in [5.74, 6) is 0. The lowest BCUT2D eigenvalue weighted by Crippen LogP contribution is -2.53. The number of aliphatic hydroxyl groups is 4. The molecule has 2 saturated heterocycles. The zero-order valence-corrected chi connectivity index (χ0v) is 9.77. The highest BCUT2D eigenvalue weighted by atomic mass is 16.5. The Morgan fingerprint density at radius 1 is 1.06 bits per heavy atom. The van der Waals surface area contributed by atoms with Crippen molar-refractivity contribution >= 4 is 0 Å². The molecule has 6 heteroatoms. The third-order valence-corrected chi connectivity index (χ3v) is 3.60. The maximum atomic E-state index is 10.0. The lowest BCUT2D eigenvalue weighted by atomic mass is 10.0. The predicted octanol–water partition coefficient (Wildman–Crippen LogP) is -1.73. The summed E-state index contributed by atoms with van der Waals surface area (Å²) in [6.07, 6.45) is -2.13. The fourth-order valence-corrected chi connectivity index (χ4v) is 2.49. The Morgan fingerprint density at radius 2 is 1.71 bits per heavy atom. The molecule has 2 rings (SSSR count). The van der Waals surface area contributed by atoms with Crippen LogP contribution >= 0.6 is 0 Å². The van der Waals surface area contributed by atoms with Gasteiger partial charge in [0.1, 0.15) is 30.6 Å². The maximum absolute atomic E-state index is 10.0. The van der Waals surface area contributed by atoms with Crippen molar-refractivity contribution in [3.05, 3.63) is 0 Å². The summed E-state index contributed by atoms with van der Waals surface area (Å²) in [5, 5.41) is 38.9. The van der Waals surface area contributed by atoms with E-state index in [1.54, 1.807) is 4.90 Å². The summed E-state index contributed by atoms with van der Waals surface area (Å²) in [6.45, 7) is 1.48. The van der Waals surface area contributed by atoms with Crippen molar-refractivity contribution in [3.8, 4) is 0 Å². The zero-order chi connectivity index (χ0) is 12.4. The predicted molar refractivity (Wildman–Crippen MR) is 59.2 cm³/mol. The second kappa shape index (κ2) is 5.60. The van der Waals surface area contributed by atoms with Gasteiger partial charge in [-0.05, 0) is 12.8 Å². The second-order valence-corrected chi connectivity index (χ2v) is 4.86. The van der Waals surface area contributed by atoms with Crippen molar-refractivity contribution < 1.29 is 25.2 Å². The average molecular weight is 247 g/mol. The minimum Gasteiger partial charge on any atom is -0.388 e. The first kappa shape index (κ1) is 13.2. The summed E-state index contributed by atoms with van der Waals surface area (Å²) in [7, 11) is 0. The molecule has 4 N–H and O–H groups in total. The molecule has 100 valence electrons. The van der Waals surface area contributed by atoms with Crippen LogP contribution < -0.4 is 0 Å². The van der Waals surface area contributed by atoms with Gasteiger partial charge in [-0.2, -0.15) is 0 Å². The van der Waals surface area contributed by atoms with Gasteiger partial charge in [0.05, 0.1) is 6.61 Å². The SMILES string of the molecule is OC([C@@H](O)[C@H]1OC[C@@H](O)[C@H]1O)N1CCCCC1. The van der Waals surface area contributed by atoms with Crippen LogP contribution in [0.15, 0.2) is 0 Å². The molecule has 2 aliphatic rings. The van der Waals surface area contributed by atoms with E-state index in [2.05, 4.69) is 0 Å². The topological polar surface area (TPSA) is 93.4 Å². The van der Waals surface area contributed by atoms with Gasteiger partial charge in [-0.3, -0.25) is 4.90 Å². The third kappa shape index (κ3) is 2.78. The molecule has 0 aromatic carbocycles. The van der Waals surface area contributed by atoms with Crippen LogP contribution in [0.1, 0.15) is 19.3 Å². The number of hydrogen-bond donors (Lipinski definition) is 4. The minimum atomic E-state index is -1.19. The van der Waals surface area contributed by atoms with E-state index in [1.165, 1.54) is 0 Å². The first-order valence-electron chi connectivity index (χ1n) is 6.19. The highest BCUT2D eigenvalue weighted by Crippen LogP contribution is 2.22. The normalized spacial score (nSPS) is 39.2. The molecular weight excluding hydrogens is 226 g/mol. The van der Waals surface area contributed by atoms with Crippen molar-refractivity contribution in [2.24, 2.45) is 0 Å². The van der Waals surface area contributed by atoms with Gasteiger partial charge in [-0.25, -0.2) is 0 Å². The molecule has 0 radical (unpaired) electrons. The van der Waals surface area contributed by atoms with Gasteiger partial charge in [0.25, 0.3) is 0 Å². The Kier molecular flexibility index (Phi) is 4.35. The largest absolute Gasteiger partial charge is 0.388 e. The standard InChI is InChI=1S/C11H21NO5/c13-7-6-17-10(8(7)14)9(15)11(16)12-4-2-1-3-5-12/h7-11,13-16H,1-6H2/t7-,8-,9+,10+,11?/m1/s1. The van der Waals surface area contributed by atoms with Gasteiger partial charge < -0.3 is 25.2 Å². The quantitative estimate of drug-likeness (QED) is 0.474. The summed E-state index contributed by atoms with van der Waals surface area (Å²) in [5.41, 5.74) is 0. The highest BCUT2D eigenvalue weighted by Gasteiger charge is 2.43. The van der Waals surface area contributed by atoms with Crippen molar-refractivity contribution in [1.82, 2.24) is 4.90 Å². The van der Waals surface area contributed by atoms with Crippen molar-refractivity contribution in [3.63, 3.8) is 0 Å². The molecule has 17 heavy (non-hydrogen) atoms. The smallest absolute Gasteiger partial charge is 0.136 e. The first-order valence-corrected chi connectivity index (χ1v) is 6.19. The molecule has 0 aromatic heterocycles. The van der Waals surface area contributed by atoms with Crippen LogP contribution in [-0.4, -0.2) is 75.7 Å². The monoisotopic (exact) mass is 247 g/mol. The molecule has 6 nitrogen and oxygen atoms in total. The van der Waals surface area contributed by atoms with E-state index < -0.39 is 30.6 Å². The molecule has 0 amide bonds. The number of piperidine rings is 1. The molecule has 2 heterocycles. The first-order chi connectivity index (χ1) is 8.11. The minimum absolute atomic E-state index is 0.00435. The summed E-state index contributed by atoms with van der Waals surface area (Å²) in [4.78, 5) is 1.79. The van der Waals surface area contributed by atoms with E-state index in [-0.39, 0.29) is 6.61 Å². The zero-order valence-electron chi connectivity index (χ0n) is 9.77. The van der Waals surface area contributed by atoms with E-state index in [9.17, 15) is 20.4 Å². The number of hydrogen-bond acceptors (Lipinski definition) is 6. The molecule has 0 bridgehead atoms. The lowest BCUT2D eigenvalue weighted by molar-refractivity contribution is -0.149. The van der Waals surface area contributed by atoms with Crippen LogP contribution in [0.2, 0.25) is 0 Å². The number of rotatable bonds is 3. The van der Waals surface area contributed by atoms with Gasteiger partial charge in [0.2, 0.25) is 0 Å². The van der Waals surface area contributed by atoms with Gasteiger partial charge in [0.15, 0.2) is 0 Å². The molecule has 0 spiro atoms. The van der Waals surface area contributed by atoms with Gasteiger partial charge >= 0.3 is 0 Å². The number of aliphatic hydroxyl groups excluding tert-OH is 4. The van der Waals surface area contributed by atoms with Crippen LogP contribution in [0.3, 0.4) is 0 Å². The van der Waals surface area contributed by atoms with Crippen molar-refractivity contribution in [2.75, 3.05) is 19.7 Å². The van der Waals surface area contributed by atoms with Crippen LogP contribution in [0.25, 0.3) is 0 Å². The Bertz CT molecular complexity index is 246. The van der Waals surface area contributed by atoms with E-state index in [0.717, 1.165) is 32.4 Å². The Balaban J connectivity index is 1.91. The Hall–Kier alpha value is -0.240. The number of likely N-dealkylation sites (tertiary alicyclic amines) is 1. The second-order valence-electron chi connectivity index (χ2n) is 4.86. The fourth-order valence-electron chi connectivity index (χ4n) is 2.49. The van der Waals surface area contributed by atoms with E-state index in [1.807, 2.05) is 0 Å². The summed E-state index contributed by atoms with van der Waals surface area (Å²) in [6, 6.07) is 0. The number of nitrogens with zero attached hydrogens (tertiary/aromatic N) is 1. The summed E-state index contributed by atoms with van der Waals surface area (Å²) < 4.78 is 5.11. The van der Waals surface area contributed by atoms with E-state index >= 15 is 0 Å². The number of ether oxygens (including phenoxy) is 1. The van der Waals surface area contributed by atoms with Gasteiger partial charge in [-0.1, -0.05) is 6.42 Å². The third-order valence-electron chi connectivity index (χ3n) is 3.60. The highest BCUT2D eigenvalue weighted by molar-refractivity contribution is 4.91. The maximum Gasteiger partial charge on any atom is 0.136 e. The summed E-state index contributed by atoms with van der Waals surface area (Å²) >= 11 is 0. The molecular formula is C11H21NO5. The molecule has 2 fully saturated rings. The van der Waals surface area contributed by atoms with Crippen LogP contribution in [0, 0.1) is 0 Å². The lowest BCUT2D eigenvalue weighted by Gasteiger charge is -2.35. The van der Waals surface area contributed by atoms with E-state index in [0.29, 0.717) is 0 Å². The average Bonchev–Trinajstić information content (AvgIpc) is 2.69. The molecule has 0 aliphatic carbocycles. The Labute approximate surface area is 100 Å². The molecule has 0 saturated carbocycles.